The van der Waals surface area contributed by atoms with Gasteiger partial charge in [-0.2, -0.15) is 0 Å². The lowest BCUT2D eigenvalue weighted by Crippen LogP contribution is -2.40. The van der Waals surface area contributed by atoms with Gasteiger partial charge in [0.05, 0.1) is 5.10 Å². The summed E-state index contributed by atoms with van der Waals surface area (Å²) in [6.07, 6.45) is 0. The Kier molecular flexibility index (Phi) is 2.04. The summed E-state index contributed by atoms with van der Waals surface area (Å²) in [6.45, 7) is 0. The van der Waals surface area contributed by atoms with Crippen LogP contribution in [0.4, 0.5) is 0 Å². The first-order valence-electron chi connectivity index (χ1n) is 5.01. The fourth-order valence-corrected chi connectivity index (χ4v) is 1.52. The standard InChI is InChI=1S/C12H9N4/c1-2-6-10(7-3-1)16-14-12-9-5-4-8-11(12)13-15-16/h1-9H/q+1. The van der Waals surface area contributed by atoms with Gasteiger partial charge in [0.1, 0.15) is 0 Å². The Labute approximate surface area is 92.2 Å². The molecule has 0 radical (unpaired) electrons. The lowest BCUT2D eigenvalue weighted by Gasteiger charge is -1.93. The zero-order valence-corrected chi connectivity index (χ0v) is 8.49. The number of hydrogen-bond donors (Lipinski definition) is 0. The van der Waals surface area contributed by atoms with E-state index in [0.717, 1.165) is 16.7 Å². The summed E-state index contributed by atoms with van der Waals surface area (Å²) >= 11 is 0. The van der Waals surface area contributed by atoms with Crippen molar-refractivity contribution in [1.82, 2.24) is 15.4 Å². The number of para-hydroxylation sites is 1. The minimum absolute atomic E-state index is 0.801. The van der Waals surface area contributed by atoms with E-state index in [1.165, 1.54) is 4.80 Å². The highest BCUT2D eigenvalue weighted by atomic mass is 15.5. The largest absolute Gasteiger partial charge is 0.233 e. The zero-order valence-electron chi connectivity index (χ0n) is 8.49. The van der Waals surface area contributed by atoms with E-state index < -0.39 is 0 Å². The maximum Gasteiger partial charge on any atom is 0.233 e. The minimum atomic E-state index is 0.801. The molecule has 0 amide bonds. The first-order chi connectivity index (χ1) is 7.93. The Hall–Kier alpha value is -2.36. The second-order valence-electron chi connectivity index (χ2n) is 3.40. The molecule has 0 fully saturated rings. The van der Waals surface area contributed by atoms with Gasteiger partial charge in [0, 0.05) is 4.80 Å². The molecule has 3 rings (SSSR count). The number of aromatic nitrogens is 4. The normalized spacial score (nSPS) is 10.5. The Morgan fingerprint density at radius 2 is 1.44 bits per heavy atom. The Bertz CT molecular complexity index is 622. The van der Waals surface area contributed by atoms with Gasteiger partial charge in [0.15, 0.2) is 16.4 Å². The number of hydrogen-bond acceptors (Lipinski definition) is 3. The van der Waals surface area contributed by atoms with Crippen LogP contribution in [0.15, 0.2) is 54.6 Å². The average Bonchev–Trinajstić information content (AvgIpc) is 2.39. The van der Waals surface area contributed by atoms with E-state index in [0.29, 0.717) is 0 Å². The molecule has 1 aromatic heterocycles. The van der Waals surface area contributed by atoms with Gasteiger partial charge in [-0.3, -0.25) is 0 Å². The molecule has 0 bridgehead atoms. The van der Waals surface area contributed by atoms with Crippen LogP contribution in [0.25, 0.3) is 16.7 Å². The van der Waals surface area contributed by atoms with Crippen LogP contribution in [-0.4, -0.2) is 15.4 Å². The van der Waals surface area contributed by atoms with Crippen LogP contribution in [0.5, 0.6) is 0 Å². The van der Waals surface area contributed by atoms with E-state index >= 15 is 0 Å². The summed E-state index contributed by atoms with van der Waals surface area (Å²) in [5, 5.41) is 12.5. The number of rotatable bonds is 1. The van der Waals surface area contributed by atoms with Gasteiger partial charge < -0.3 is 0 Å². The summed E-state index contributed by atoms with van der Waals surface area (Å²) < 4.78 is 0. The van der Waals surface area contributed by atoms with Crippen LogP contribution >= 0.6 is 0 Å². The first kappa shape index (κ1) is 8.91. The molecule has 3 aromatic rings. The molecule has 0 aliphatic heterocycles. The molecular weight excluding hydrogens is 200 g/mol. The van der Waals surface area contributed by atoms with Crippen molar-refractivity contribution in [2.45, 2.75) is 0 Å². The summed E-state index contributed by atoms with van der Waals surface area (Å²) in [5.74, 6) is 0. The van der Waals surface area contributed by atoms with E-state index in [4.69, 9.17) is 0 Å². The molecule has 0 aliphatic rings. The molecule has 76 valence electrons. The molecule has 0 atom stereocenters. The molecule has 4 nitrogen and oxygen atoms in total. The Morgan fingerprint density at radius 3 is 2.25 bits per heavy atom. The van der Waals surface area contributed by atoms with Crippen LogP contribution in [0.3, 0.4) is 0 Å². The van der Waals surface area contributed by atoms with E-state index in [9.17, 15) is 0 Å². The van der Waals surface area contributed by atoms with Crippen molar-refractivity contribution in [3.8, 4) is 5.69 Å². The van der Waals surface area contributed by atoms with Gasteiger partial charge in [-0.15, -0.1) is 0 Å². The lowest BCUT2D eigenvalue weighted by molar-refractivity contribution is -0.722. The molecule has 1 heterocycles. The molecule has 0 spiro atoms. The van der Waals surface area contributed by atoms with Crippen LogP contribution in [-0.2, 0) is 0 Å². The highest BCUT2D eigenvalue weighted by Gasteiger charge is 2.09. The van der Waals surface area contributed by atoms with E-state index in [1.54, 1.807) is 0 Å². The average molecular weight is 209 g/mol. The smallest absolute Gasteiger partial charge is 0.0620 e. The monoisotopic (exact) mass is 209 g/mol. The fraction of sp³-hybridized carbons (Fsp3) is 0. The third-order valence-corrected chi connectivity index (χ3v) is 2.31. The van der Waals surface area contributed by atoms with Crippen LogP contribution < -0.4 is 4.80 Å². The Balaban J connectivity index is 2.19. The van der Waals surface area contributed by atoms with Crippen molar-refractivity contribution in [1.29, 1.82) is 0 Å². The van der Waals surface area contributed by atoms with Gasteiger partial charge in [-0.25, -0.2) is 0 Å². The Morgan fingerprint density at radius 1 is 0.750 bits per heavy atom. The number of fused-ring (bicyclic) bond motifs is 1. The van der Waals surface area contributed by atoms with Crippen molar-refractivity contribution in [2.75, 3.05) is 0 Å². The molecule has 16 heavy (non-hydrogen) atoms. The predicted octanol–water partition coefficient (Wildman–Crippen LogP) is 1.30. The fourth-order valence-electron chi connectivity index (χ4n) is 1.52. The molecule has 0 N–H and O–H groups in total. The van der Waals surface area contributed by atoms with E-state index in [2.05, 4.69) is 15.4 Å². The first-order valence-corrected chi connectivity index (χ1v) is 5.01. The topological polar surface area (TPSA) is 42.5 Å². The lowest BCUT2D eigenvalue weighted by atomic mass is 10.3. The van der Waals surface area contributed by atoms with Crippen molar-refractivity contribution in [3.05, 3.63) is 54.6 Å². The van der Waals surface area contributed by atoms with Gasteiger partial charge >= 0.3 is 0 Å². The van der Waals surface area contributed by atoms with Crippen molar-refractivity contribution in [2.24, 2.45) is 0 Å². The predicted molar refractivity (Wildman–Crippen MR) is 58.9 cm³/mol. The summed E-state index contributed by atoms with van der Waals surface area (Å²) in [6, 6.07) is 17.4. The summed E-state index contributed by atoms with van der Waals surface area (Å²) in [7, 11) is 0. The van der Waals surface area contributed by atoms with Gasteiger partial charge in [0.25, 0.3) is 0 Å². The molecule has 0 saturated heterocycles. The number of nitrogens with zero attached hydrogens (tertiary/aromatic N) is 4. The third kappa shape index (κ3) is 1.50. The SMILES string of the molecule is c1ccc(-[n+]2nnc3ccccc3n2)cc1. The number of benzene rings is 2. The highest BCUT2D eigenvalue weighted by Crippen LogP contribution is 2.03. The quantitative estimate of drug-likeness (QED) is 0.567. The molecular formula is C12H9N4+. The molecule has 4 heteroatoms. The third-order valence-electron chi connectivity index (χ3n) is 2.31. The van der Waals surface area contributed by atoms with Crippen molar-refractivity contribution < 1.29 is 4.80 Å². The maximum atomic E-state index is 4.39. The van der Waals surface area contributed by atoms with E-state index in [1.807, 2.05) is 54.6 Å². The van der Waals surface area contributed by atoms with Crippen molar-refractivity contribution in [3.63, 3.8) is 0 Å². The van der Waals surface area contributed by atoms with Crippen LogP contribution in [0.1, 0.15) is 0 Å². The van der Waals surface area contributed by atoms with Crippen LogP contribution in [0, 0.1) is 0 Å². The van der Waals surface area contributed by atoms with Crippen molar-refractivity contribution >= 4 is 11.0 Å². The second-order valence-corrected chi connectivity index (χ2v) is 3.40. The summed E-state index contributed by atoms with van der Waals surface area (Å²) in [4.78, 5) is 1.53. The minimum Gasteiger partial charge on any atom is -0.0620 e. The summed E-state index contributed by atoms with van der Waals surface area (Å²) in [5.41, 5.74) is 2.54. The highest BCUT2D eigenvalue weighted by molar-refractivity contribution is 5.71. The van der Waals surface area contributed by atoms with Gasteiger partial charge in [-0.05, 0) is 24.3 Å². The zero-order chi connectivity index (χ0) is 10.8. The van der Waals surface area contributed by atoms with Crippen LogP contribution in [0.2, 0.25) is 0 Å². The van der Waals surface area contributed by atoms with Gasteiger partial charge in [-0.1, -0.05) is 35.4 Å². The molecule has 0 aliphatic carbocycles. The van der Waals surface area contributed by atoms with Gasteiger partial charge in [0.2, 0.25) is 5.52 Å². The molecule has 0 unspecified atom stereocenters. The molecule has 2 aromatic carbocycles. The second kappa shape index (κ2) is 3.66. The molecule has 0 saturated carbocycles. The maximum absolute atomic E-state index is 4.39. The van der Waals surface area contributed by atoms with E-state index in [-0.39, 0.29) is 0 Å².